The van der Waals surface area contributed by atoms with Crippen molar-refractivity contribution in [1.82, 2.24) is 9.97 Å². The van der Waals surface area contributed by atoms with Gasteiger partial charge < -0.3 is 20.1 Å². The van der Waals surface area contributed by atoms with Crippen LogP contribution in [0.1, 0.15) is 12.8 Å². The molecule has 0 radical (unpaired) electrons. The molecule has 2 N–H and O–H groups in total. The quantitative estimate of drug-likeness (QED) is 0.545. The monoisotopic (exact) mass is 376 g/mol. The lowest BCUT2D eigenvalue weighted by Gasteiger charge is -2.12. The fraction of sp³-hybridized carbons (Fsp3) is 0.273. The van der Waals surface area contributed by atoms with E-state index in [1.54, 1.807) is 7.11 Å². The third kappa shape index (κ3) is 4.91. The van der Waals surface area contributed by atoms with Crippen LogP contribution >= 0.6 is 0 Å². The molecular formula is C22H24N4O2. The second kappa shape index (κ2) is 8.61. The van der Waals surface area contributed by atoms with Crippen LogP contribution in [0.15, 0.2) is 60.7 Å². The van der Waals surface area contributed by atoms with Crippen molar-refractivity contribution >= 4 is 11.8 Å². The number of benzene rings is 2. The molecule has 4 rings (SSSR count). The topological polar surface area (TPSA) is 68.3 Å². The molecule has 1 fully saturated rings. The molecule has 1 aromatic heterocycles. The summed E-state index contributed by atoms with van der Waals surface area (Å²) in [7, 11) is 1.65. The number of hydrogen-bond donors (Lipinski definition) is 2. The van der Waals surface area contributed by atoms with Crippen LogP contribution in [0.2, 0.25) is 0 Å². The van der Waals surface area contributed by atoms with Crippen LogP contribution in [0.5, 0.6) is 11.5 Å². The van der Waals surface area contributed by atoms with Crippen molar-refractivity contribution < 1.29 is 9.47 Å². The average Bonchev–Trinajstić information content (AvgIpc) is 3.56. The van der Waals surface area contributed by atoms with Gasteiger partial charge in [0.1, 0.15) is 23.9 Å². The maximum Gasteiger partial charge on any atom is 0.225 e. The standard InChI is InChI=1S/C22H24N4O2/c1-27-18-9-11-19(12-10-18)28-14-13-23-21-15-20(16-5-3-2-4-6-16)25-22(26-21)24-17-7-8-17/h2-6,9-12,15,17H,7-8,13-14H2,1H3,(H2,23,24,25,26). The van der Waals surface area contributed by atoms with E-state index in [1.165, 1.54) is 12.8 Å². The number of rotatable bonds is 9. The van der Waals surface area contributed by atoms with Gasteiger partial charge in [-0.15, -0.1) is 0 Å². The Bertz CT molecular complexity index is 896. The zero-order valence-corrected chi connectivity index (χ0v) is 15.9. The maximum atomic E-state index is 5.77. The lowest BCUT2D eigenvalue weighted by Crippen LogP contribution is -2.14. The smallest absolute Gasteiger partial charge is 0.225 e. The maximum absolute atomic E-state index is 5.77. The second-order valence-electron chi connectivity index (χ2n) is 6.70. The molecule has 1 aliphatic carbocycles. The molecule has 1 aliphatic rings. The third-order valence-electron chi connectivity index (χ3n) is 4.44. The highest BCUT2D eigenvalue weighted by Crippen LogP contribution is 2.26. The van der Waals surface area contributed by atoms with Crippen LogP contribution in [-0.2, 0) is 0 Å². The van der Waals surface area contributed by atoms with Crippen molar-refractivity contribution in [3.63, 3.8) is 0 Å². The summed E-state index contributed by atoms with van der Waals surface area (Å²) < 4.78 is 10.9. The summed E-state index contributed by atoms with van der Waals surface area (Å²) in [5.74, 6) is 3.08. The summed E-state index contributed by atoms with van der Waals surface area (Å²) >= 11 is 0. The Labute approximate surface area is 164 Å². The van der Waals surface area contributed by atoms with Crippen LogP contribution in [0.4, 0.5) is 11.8 Å². The molecule has 1 saturated carbocycles. The predicted octanol–water partition coefficient (Wildman–Crippen LogP) is 4.22. The summed E-state index contributed by atoms with van der Waals surface area (Å²) in [5.41, 5.74) is 1.97. The number of anilines is 2. The van der Waals surface area contributed by atoms with Gasteiger partial charge in [0.2, 0.25) is 5.95 Å². The normalized spacial score (nSPS) is 13.0. The molecule has 0 spiro atoms. The Kier molecular flexibility index (Phi) is 5.56. The van der Waals surface area contributed by atoms with Crippen LogP contribution in [-0.4, -0.2) is 36.3 Å². The molecule has 0 aliphatic heterocycles. The first-order valence-corrected chi connectivity index (χ1v) is 9.52. The van der Waals surface area contributed by atoms with Crippen LogP contribution in [0, 0.1) is 0 Å². The van der Waals surface area contributed by atoms with Gasteiger partial charge in [0, 0.05) is 17.7 Å². The SMILES string of the molecule is COc1ccc(OCCNc2cc(-c3ccccc3)nc(NC3CC3)n2)cc1. The molecule has 6 nitrogen and oxygen atoms in total. The van der Waals surface area contributed by atoms with E-state index >= 15 is 0 Å². The molecule has 28 heavy (non-hydrogen) atoms. The van der Waals surface area contributed by atoms with Gasteiger partial charge >= 0.3 is 0 Å². The number of aromatic nitrogens is 2. The number of methoxy groups -OCH3 is 1. The van der Waals surface area contributed by atoms with Crippen LogP contribution < -0.4 is 20.1 Å². The minimum Gasteiger partial charge on any atom is -0.497 e. The van der Waals surface area contributed by atoms with Crippen LogP contribution in [0.3, 0.4) is 0 Å². The minimum absolute atomic E-state index is 0.497. The minimum atomic E-state index is 0.497. The van der Waals surface area contributed by atoms with Gasteiger partial charge in [-0.2, -0.15) is 4.98 Å². The predicted molar refractivity (Wildman–Crippen MR) is 111 cm³/mol. The Morgan fingerprint density at radius 1 is 0.964 bits per heavy atom. The van der Waals surface area contributed by atoms with Crippen molar-refractivity contribution in [3.05, 3.63) is 60.7 Å². The summed E-state index contributed by atoms with van der Waals surface area (Å²) in [6, 6.07) is 20.2. The highest BCUT2D eigenvalue weighted by Gasteiger charge is 2.22. The second-order valence-corrected chi connectivity index (χ2v) is 6.70. The Morgan fingerprint density at radius 3 is 2.43 bits per heavy atom. The molecule has 0 atom stereocenters. The van der Waals surface area contributed by atoms with Gasteiger partial charge in [0.15, 0.2) is 0 Å². The zero-order chi connectivity index (χ0) is 19.2. The number of hydrogen-bond acceptors (Lipinski definition) is 6. The first kappa shape index (κ1) is 18.1. The van der Waals surface area contributed by atoms with Crippen molar-refractivity contribution in [1.29, 1.82) is 0 Å². The van der Waals surface area contributed by atoms with Gasteiger partial charge in [-0.3, -0.25) is 0 Å². The molecule has 6 heteroatoms. The zero-order valence-electron chi connectivity index (χ0n) is 15.9. The molecule has 144 valence electrons. The Balaban J connectivity index is 1.39. The van der Waals surface area contributed by atoms with Crippen LogP contribution in [0.25, 0.3) is 11.3 Å². The number of nitrogens with one attached hydrogen (secondary N) is 2. The summed E-state index contributed by atoms with van der Waals surface area (Å²) in [6.45, 7) is 1.17. The lowest BCUT2D eigenvalue weighted by atomic mass is 10.1. The van der Waals surface area contributed by atoms with E-state index in [4.69, 9.17) is 9.47 Å². The molecule has 0 bridgehead atoms. The van der Waals surface area contributed by atoms with E-state index in [0.29, 0.717) is 25.1 Å². The average molecular weight is 376 g/mol. The summed E-state index contributed by atoms with van der Waals surface area (Å²) in [6.07, 6.45) is 2.36. The molecule has 0 saturated heterocycles. The molecule has 0 unspecified atom stereocenters. The molecule has 0 amide bonds. The Hall–Kier alpha value is -3.28. The summed E-state index contributed by atoms with van der Waals surface area (Å²) in [5, 5.41) is 6.73. The van der Waals surface area contributed by atoms with Gasteiger partial charge in [-0.25, -0.2) is 4.98 Å². The van der Waals surface area contributed by atoms with Crippen molar-refractivity contribution in [2.24, 2.45) is 0 Å². The first-order chi connectivity index (χ1) is 13.8. The van der Waals surface area contributed by atoms with E-state index < -0.39 is 0 Å². The highest BCUT2D eigenvalue weighted by molar-refractivity contribution is 5.64. The molecule has 3 aromatic rings. The third-order valence-corrected chi connectivity index (χ3v) is 4.44. The number of ether oxygens (including phenoxy) is 2. The van der Waals surface area contributed by atoms with Gasteiger partial charge in [0.05, 0.1) is 19.3 Å². The van der Waals surface area contributed by atoms with Crippen molar-refractivity contribution in [2.75, 3.05) is 30.9 Å². The highest BCUT2D eigenvalue weighted by atomic mass is 16.5. The van der Waals surface area contributed by atoms with Gasteiger partial charge in [-0.05, 0) is 37.1 Å². The summed E-state index contributed by atoms with van der Waals surface area (Å²) in [4.78, 5) is 9.27. The van der Waals surface area contributed by atoms with Gasteiger partial charge in [-0.1, -0.05) is 30.3 Å². The van der Waals surface area contributed by atoms with E-state index in [-0.39, 0.29) is 0 Å². The van der Waals surface area contributed by atoms with Crippen molar-refractivity contribution in [2.45, 2.75) is 18.9 Å². The van der Waals surface area contributed by atoms with E-state index in [0.717, 1.165) is 28.6 Å². The van der Waals surface area contributed by atoms with E-state index in [1.807, 2.05) is 48.5 Å². The largest absolute Gasteiger partial charge is 0.497 e. The molecule has 1 heterocycles. The van der Waals surface area contributed by atoms with E-state index in [9.17, 15) is 0 Å². The Morgan fingerprint density at radius 2 is 1.71 bits per heavy atom. The van der Waals surface area contributed by atoms with Gasteiger partial charge in [0.25, 0.3) is 0 Å². The van der Waals surface area contributed by atoms with Crippen molar-refractivity contribution in [3.8, 4) is 22.8 Å². The molecular weight excluding hydrogens is 352 g/mol. The lowest BCUT2D eigenvalue weighted by molar-refractivity contribution is 0.331. The first-order valence-electron chi connectivity index (χ1n) is 9.52. The fourth-order valence-electron chi connectivity index (χ4n) is 2.79. The number of nitrogens with zero attached hydrogens (tertiary/aromatic N) is 2. The fourth-order valence-corrected chi connectivity index (χ4v) is 2.79. The molecule has 2 aromatic carbocycles. The van der Waals surface area contributed by atoms with E-state index in [2.05, 4.69) is 32.7 Å².